The third-order valence-electron chi connectivity index (χ3n) is 3.30. The third kappa shape index (κ3) is 2.68. The molecule has 0 aliphatic rings. The van der Waals surface area contributed by atoms with Gasteiger partial charge in [0.25, 0.3) is 0 Å². The van der Waals surface area contributed by atoms with Crippen molar-refractivity contribution in [3.63, 3.8) is 0 Å². The van der Waals surface area contributed by atoms with Gasteiger partial charge in [0.15, 0.2) is 5.58 Å². The zero-order valence-electron chi connectivity index (χ0n) is 12.7. The van der Waals surface area contributed by atoms with E-state index in [1.54, 1.807) is 11.3 Å². The molecule has 0 fully saturated rings. The number of para-hydroxylation sites is 2. The van der Waals surface area contributed by atoms with E-state index in [1.807, 2.05) is 56.3 Å². The number of thiazole rings is 1. The quantitative estimate of drug-likeness (QED) is 0.430. The van der Waals surface area contributed by atoms with Crippen LogP contribution in [-0.4, -0.2) is 15.7 Å². The molecule has 0 bridgehead atoms. The molecular formula is C17H14N4OS. The summed E-state index contributed by atoms with van der Waals surface area (Å²) in [7, 11) is 0. The Morgan fingerprint density at radius 2 is 1.96 bits per heavy atom. The van der Waals surface area contributed by atoms with Crippen molar-refractivity contribution >= 4 is 43.5 Å². The Morgan fingerprint density at radius 1 is 1.09 bits per heavy atom. The first-order chi connectivity index (χ1) is 11.2. The predicted octanol–water partition coefficient (Wildman–Crippen LogP) is 4.91. The SMILES string of the molecule is CC(C)=NNc1nc2ccc(-c3nc4ccccc4o3)cc2s1. The summed E-state index contributed by atoms with van der Waals surface area (Å²) < 4.78 is 6.89. The Labute approximate surface area is 136 Å². The van der Waals surface area contributed by atoms with Crippen molar-refractivity contribution in [2.24, 2.45) is 5.10 Å². The van der Waals surface area contributed by atoms with Crippen LogP contribution in [-0.2, 0) is 0 Å². The van der Waals surface area contributed by atoms with Gasteiger partial charge in [0.2, 0.25) is 11.0 Å². The van der Waals surface area contributed by atoms with Crippen molar-refractivity contribution in [1.82, 2.24) is 9.97 Å². The molecular weight excluding hydrogens is 308 g/mol. The first kappa shape index (κ1) is 13.9. The largest absolute Gasteiger partial charge is 0.436 e. The van der Waals surface area contributed by atoms with Crippen molar-refractivity contribution in [2.45, 2.75) is 13.8 Å². The van der Waals surface area contributed by atoms with Gasteiger partial charge in [-0.05, 0) is 44.2 Å². The number of hydrogen-bond acceptors (Lipinski definition) is 6. The van der Waals surface area contributed by atoms with Crippen molar-refractivity contribution in [3.05, 3.63) is 42.5 Å². The van der Waals surface area contributed by atoms with Gasteiger partial charge in [-0.3, -0.25) is 5.43 Å². The van der Waals surface area contributed by atoms with Crippen molar-refractivity contribution in [3.8, 4) is 11.5 Å². The second kappa shape index (κ2) is 5.48. The fourth-order valence-corrected chi connectivity index (χ4v) is 3.11. The lowest BCUT2D eigenvalue weighted by Crippen LogP contribution is -1.91. The molecule has 0 unspecified atom stereocenters. The molecule has 0 amide bonds. The average molecular weight is 322 g/mol. The van der Waals surface area contributed by atoms with Crippen LogP contribution in [0.4, 0.5) is 5.13 Å². The molecule has 0 aliphatic carbocycles. The number of nitrogens with zero attached hydrogens (tertiary/aromatic N) is 3. The molecule has 2 heterocycles. The molecule has 4 rings (SSSR count). The summed E-state index contributed by atoms with van der Waals surface area (Å²) in [5, 5.41) is 4.96. The molecule has 6 heteroatoms. The molecule has 0 spiro atoms. The summed E-state index contributed by atoms with van der Waals surface area (Å²) in [4.78, 5) is 9.05. The Kier molecular flexibility index (Phi) is 3.31. The lowest BCUT2D eigenvalue weighted by molar-refractivity contribution is 0.620. The number of aromatic nitrogens is 2. The van der Waals surface area contributed by atoms with Crippen LogP contribution in [0.15, 0.2) is 52.0 Å². The summed E-state index contributed by atoms with van der Waals surface area (Å²) in [6, 6.07) is 13.8. The van der Waals surface area contributed by atoms with E-state index < -0.39 is 0 Å². The normalized spacial score (nSPS) is 11.0. The molecule has 0 saturated carbocycles. The minimum Gasteiger partial charge on any atom is -0.436 e. The number of benzene rings is 2. The maximum absolute atomic E-state index is 5.82. The summed E-state index contributed by atoms with van der Waals surface area (Å²) in [5.41, 5.74) is 7.46. The Balaban J connectivity index is 1.74. The smallest absolute Gasteiger partial charge is 0.227 e. The molecule has 2 aromatic heterocycles. The summed E-state index contributed by atoms with van der Waals surface area (Å²) in [6.07, 6.45) is 0. The van der Waals surface area contributed by atoms with Gasteiger partial charge in [-0.2, -0.15) is 5.10 Å². The van der Waals surface area contributed by atoms with Crippen molar-refractivity contribution < 1.29 is 4.42 Å². The molecule has 23 heavy (non-hydrogen) atoms. The maximum Gasteiger partial charge on any atom is 0.227 e. The first-order valence-corrected chi connectivity index (χ1v) is 8.04. The summed E-state index contributed by atoms with van der Waals surface area (Å²) in [5.74, 6) is 0.624. The van der Waals surface area contributed by atoms with Crippen LogP contribution in [0.1, 0.15) is 13.8 Å². The van der Waals surface area contributed by atoms with Crippen LogP contribution in [0.25, 0.3) is 32.8 Å². The fraction of sp³-hybridized carbons (Fsp3) is 0.118. The zero-order chi connectivity index (χ0) is 15.8. The highest BCUT2D eigenvalue weighted by Crippen LogP contribution is 2.31. The second-order valence-corrected chi connectivity index (χ2v) is 6.39. The number of oxazole rings is 1. The van der Waals surface area contributed by atoms with E-state index in [2.05, 4.69) is 20.5 Å². The number of hydrogen-bond donors (Lipinski definition) is 1. The molecule has 114 valence electrons. The number of rotatable bonds is 3. The van der Waals surface area contributed by atoms with Gasteiger partial charge in [-0.15, -0.1) is 0 Å². The van der Waals surface area contributed by atoms with Crippen molar-refractivity contribution in [2.75, 3.05) is 5.43 Å². The van der Waals surface area contributed by atoms with Gasteiger partial charge >= 0.3 is 0 Å². The van der Waals surface area contributed by atoms with E-state index in [0.717, 1.165) is 37.7 Å². The Morgan fingerprint density at radius 3 is 2.78 bits per heavy atom. The molecule has 2 aromatic carbocycles. The molecule has 0 atom stereocenters. The van der Waals surface area contributed by atoms with Crippen LogP contribution >= 0.6 is 11.3 Å². The number of anilines is 1. The van der Waals surface area contributed by atoms with E-state index in [-0.39, 0.29) is 0 Å². The topological polar surface area (TPSA) is 63.3 Å². The molecule has 0 aliphatic heterocycles. The minimum absolute atomic E-state index is 0.624. The van der Waals surface area contributed by atoms with Gasteiger partial charge in [0.05, 0.1) is 10.2 Å². The first-order valence-electron chi connectivity index (χ1n) is 7.22. The number of nitrogens with one attached hydrogen (secondary N) is 1. The van der Waals surface area contributed by atoms with E-state index in [9.17, 15) is 0 Å². The van der Waals surface area contributed by atoms with Gasteiger partial charge in [-0.25, -0.2) is 9.97 Å². The van der Waals surface area contributed by atoms with Gasteiger partial charge in [0, 0.05) is 11.3 Å². The van der Waals surface area contributed by atoms with Gasteiger partial charge in [0.1, 0.15) is 5.52 Å². The molecule has 0 saturated heterocycles. The minimum atomic E-state index is 0.624. The van der Waals surface area contributed by atoms with Crippen LogP contribution in [0.5, 0.6) is 0 Å². The lowest BCUT2D eigenvalue weighted by atomic mass is 10.2. The summed E-state index contributed by atoms with van der Waals surface area (Å²) >= 11 is 1.56. The average Bonchev–Trinajstić information content (AvgIpc) is 3.15. The van der Waals surface area contributed by atoms with E-state index in [4.69, 9.17) is 4.42 Å². The van der Waals surface area contributed by atoms with E-state index in [0.29, 0.717) is 5.89 Å². The second-order valence-electron chi connectivity index (χ2n) is 5.36. The molecule has 0 radical (unpaired) electrons. The van der Waals surface area contributed by atoms with Crippen LogP contribution in [0, 0.1) is 0 Å². The predicted molar refractivity (Wildman–Crippen MR) is 95.0 cm³/mol. The fourth-order valence-electron chi connectivity index (χ4n) is 2.26. The summed E-state index contributed by atoms with van der Waals surface area (Å²) in [6.45, 7) is 3.87. The monoisotopic (exact) mass is 322 g/mol. The number of hydrazone groups is 1. The van der Waals surface area contributed by atoms with Gasteiger partial charge < -0.3 is 4.42 Å². The molecule has 4 aromatic rings. The standard InChI is InChI=1S/C17H14N4OS/c1-10(2)20-21-17-19-13-8-7-11(9-15(13)23-17)16-18-12-5-3-4-6-14(12)22-16/h3-9H,1-2H3,(H,19,21). The molecule has 5 nitrogen and oxygen atoms in total. The zero-order valence-corrected chi connectivity index (χ0v) is 13.5. The highest BCUT2D eigenvalue weighted by atomic mass is 32.1. The van der Waals surface area contributed by atoms with Crippen LogP contribution < -0.4 is 5.43 Å². The van der Waals surface area contributed by atoms with E-state index >= 15 is 0 Å². The van der Waals surface area contributed by atoms with Crippen LogP contribution in [0.3, 0.4) is 0 Å². The lowest BCUT2D eigenvalue weighted by Gasteiger charge is -1.94. The maximum atomic E-state index is 5.82. The Hall–Kier alpha value is -2.73. The number of fused-ring (bicyclic) bond motifs is 2. The van der Waals surface area contributed by atoms with Crippen molar-refractivity contribution in [1.29, 1.82) is 0 Å². The third-order valence-corrected chi connectivity index (χ3v) is 4.23. The van der Waals surface area contributed by atoms with Crippen LogP contribution in [0.2, 0.25) is 0 Å². The molecule has 1 N–H and O–H groups in total. The van der Waals surface area contributed by atoms with Gasteiger partial charge in [-0.1, -0.05) is 23.5 Å². The highest BCUT2D eigenvalue weighted by Gasteiger charge is 2.10. The van der Waals surface area contributed by atoms with E-state index in [1.165, 1.54) is 0 Å². The highest BCUT2D eigenvalue weighted by molar-refractivity contribution is 7.22. The Bertz CT molecular complexity index is 994.